The summed E-state index contributed by atoms with van der Waals surface area (Å²) < 4.78 is 0. The second-order valence-electron chi connectivity index (χ2n) is 5.09. The summed E-state index contributed by atoms with van der Waals surface area (Å²) in [6, 6.07) is 7.30. The third-order valence-corrected chi connectivity index (χ3v) is 3.31. The molecule has 0 amide bonds. The topological polar surface area (TPSA) is 57.2 Å². The average Bonchev–Trinajstić information content (AvgIpc) is 2.44. The van der Waals surface area contributed by atoms with Crippen LogP contribution in [0.1, 0.15) is 0 Å². The second-order valence-corrected chi connectivity index (χ2v) is 5.86. The summed E-state index contributed by atoms with van der Waals surface area (Å²) in [5.41, 5.74) is 0.789. The molecule has 118 valence electrons. The molecule has 0 unspecified atom stereocenters. The van der Waals surface area contributed by atoms with Crippen LogP contribution in [0.5, 0.6) is 0 Å². The van der Waals surface area contributed by atoms with Crippen LogP contribution >= 0.6 is 23.2 Å². The minimum Gasteiger partial charge on any atom is -0.342 e. The third kappa shape index (κ3) is 4.98. The Balaban J connectivity index is 2.15. The van der Waals surface area contributed by atoms with Crippen molar-refractivity contribution in [2.45, 2.75) is 0 Å². The van der Waals surface area contributed by atoms with E-state index in [-0.39, 0.29) is 5.28 Å². The highest BCUT2D eigenvalue weighted by Crippen LogP contribution is 2.20. The molecule has 0 saturated heterocycles. The summed E-state index contributed by atoms with van der Waals surface area (Å²) in [5.74, 6) is 0.903. The Kier molecular flexibility index (Phi) is 5.76. The number of hydrogen-bond acceptors (Lipinski definition) is 6. The van der Waals surface area contributed by atoms with Crippen molar-refractivity contribution < 1.29 is 0 Å². The maximum Gasteiger partial charge on any atom is 0.233 e. The molecule has 2 aromatic rings. The highest BCUT2D eigenvalue weighted by molar-refractivity contribution is 6.30. The van der Waals surface area contributed by atoms with Crippen LogP contribution in [0.4, 0.5) is 17.6 Å². The number of rotatable bonds is 6. The van der Waals surface area contributed by atoms with Gasteiger partial charge in [-0.2, -0.15) is 15.0 Å². The van der Waals surface area contributed by atoms with Gasteiger partial charge in [0.15, 0.2) is 0 Å². The summed E-state index contributed by atoms with van der Waals surface area (Å²) in [4.78, 5) is 16.6. The van der Waals surface area contributed by atoms with Gasteiger partial charge in [0.05, 0.1) is 0 Å². The lowest BCUT2D eigenvalue weighted by Crippen LogP contribution is -2.29. The molecule has 0 atom stereocenters. The molecule has 0 spiro atoms. The maximum atomic E-state index is 5.99. The van der Waals surface area contributed by atoms with Crippen molar-refractivity contribution in [1.29, 1.82) is 0 Å². The van der Waals surface area contributed by atoms with E-state index in [2.05, 4.69) is 25.2 Å². The zero-order valence-corrected chi connectivity index (χ0v) is 14.2. The molecule has 0 bridgehead atoms. The number of nitrogens with zero attached hydrogens (tertiary/aromatic N) is 5. The first-order chi connectivity index (χ1) is 10.4. The molecule has 8 heteroatoms. The summed E-state index contributed by atoms with van der Waals surface area (Å²) in [6.07, 6.45) is 0. The number of likely N-dealkylation sites (N-methyl/N-ethyl adjacent to an activating group) is 2. The van der Waals surface area contributed by atoms with Gasteiger partial charge in [0.2, 0.25) is 17.2 Å². The van der Waals surface area contributed by atoms with Gasteiger partial charge in [0.1, 0.15) is 0 Å². The lowest BCUT2D eigenvalue weighted by atomic mass is 10.3. The lowest BCUT2D eigenvalue weighted by molar-refractivity contribution is 0.415. The minimum absolute atomic E-state index is 0.145. The molecule has 0 aliphatic rings. The molecule has 1 aromatic carbocycles. The average molecular weight is 341 g/mol. The molecule has 0 radical (unpaired) electrons. The molecule has 1 heterocycles. The van der Waals surface area contributed by atoms with Crippen molar-refractivity contribution in [2.75, 3.05) is 44.4 Å². The van der Waals surface area contributed by atoms with E-state index in [9.17, 15) is 0 Å². The van der Waals surface area contributed by atoms with Gasteiger partial charge in [0, 0.05) is 30.8 Å². The normalized spacial score (nSPS) is 10.8. The van der Waals surface area contributed by atoms with Gasteiger partial charge >= 0.3 is 0 Å². The van der Waals surface area contributed by atoms with E-state index in [1.54, 1.807) is 12.1 Å². The van der Waals surface area contributed by atoms with Gasteiger partial charge < -0.3 is 15.1 Å². The van der Waals surface area contributed by atoms with Gasteiger partial charge in [-0.25, -0.2) is 0 Å². The van der Waals surface area contributed by atoms with Crippen LogP contribution < -0.4 is 10.2 Å². The van der Waals surface area contributed by atoms with Crippen molar-refractivity contribution in [3.63, 3.8) is 0 Å². The van der Waals surface area contributed by atoms with Crippen LogP contribution in [0.2, 0.25) is 10.3 Å². The standard InChI is InChI=1S/C14H18Cl2N6/c1-21(2)7-8-22(3)14-19-12(16)18-13(20-14)17-11-6-4-5-10(15)9-11/h4-6,9H,7-8H2,1-3H3,(H,17,18,19,20). The first kappa shape index (κ1) is 16.7. The van der Waals surface area contributed by atoms with Crippen LogP contribution in [-0.4, -0.2) is 54.1 Å². The van der Waals surface area contributed by atoms with Crippen molar-refractivity contribution in [1.82, 2.24) is 19.9 Å². The summed E-state index contributed by atoms with van der Waals surface area (Å²) in [7, 11) is 5.94. The Bertz CT molecular complexity index is 634. The molecule has 0 aliphatic carbocycles. The predicted molar refractivity (Wildman–Crippen MR) is 91.4 cm³/mol. The monoisotopic (exact) mass is 340 g/mol. The number of anilines is 3. The molecular formula is C14H18Cl2N6. The van der Waals surface area contributed by atoms with Crippen molar-refractivity contribution in [3.05, 3.63) is 34.6 Å². The maximum absolute atomic E-state index is 5.99. The van der Waals surface area contributed by atoms with Crippen LogP contribution in [0.3, 0.4) is 0 Å². The molecule has 6 nitrogen and oxygen atoms in total. The fraction of sp³-hybridized carbons (Fsp3) is 0.357. The van der Waals surface area contributed by atoms with Crippen LogP contribution in [0.25, 0.3) is 0 Å². The Hall–Kier alpha value is -1.63. The Labute approximate surface area is 140 Å². The molecule has 2 rings (SSSR count). The predicted octanol–water partition coefficient (Wildman–Crippen LogP) is 2.92. The summed E-state index contributed by atoms with van der Waals surface area (Å²) in [6.45, 7) is 1.67. The first-order valence-electron chi connectivity index (χ1n) is 6.74. The van der Waals surface area contributed by atoms with Gasteiger partial charge in [-0.3, -0.25) is 0 Å². The van der Waals surface area contributed by atoms with Crippen molar-refractivity contribution >= 4 is 40.8 Å². The molecule has 1 N–H and O–H groups in total. The number of hydrogen-bond donors (Lipinski definition) is 1. The van der Waals surface area contributed by atoms with Crippen molar-refractivity contribution in [3.8, 4) is 0 Å². The molecule has 0 fully saturated rings. The number of aromatic nitrogens is 3. The Morgan fingerprint density at radius 3 is 2.50 bits per heavy atom. The van der Waals surface area contributed by atoms with Gasteiger partial charge in [0.25, 0.3) is 0 Å². The SMILES string of the molecule is CN(C)CCN(C)c1nc(Cl)nc(Nc2cccc(Cl)c2)n1. The minimum atomic E-state index is 0.145. The zero-order chi connectivity index (χ0) is 16.1. The van der Waals surface area contributed by atoms with E-state index >= 15 is 0 Å². The number of nitrogens with one attached hydrogen (secondary N) is 1. The quantitative estimate of drug-likeness (QED) is 0.872. The van der Waals surface area contributed by atoms with Gasteiger partial charge in [-0.1, -0.05) is 17.7 Å². The molecule has 22 heavy (non-hydrogen) atoms. The fourth-order valence-corrected chi connectivity index (χ4v) is 2.06. The first-order valence-corrected chi connectivity index (χ1v) is 7.49. The number of benzene rings is 1. The lowest BCUT2D eigenvalue weighted by Gasteiger charge is -2.19. The van der Waals surface area contributed by atoms with E-state index < -0.39 is 0 Å². The molecule has 1 aromatic heterocycles. The largest absolute Gasteiger partial charge is 0.342 e. The second kappa shape index (κ2) is 7.58. The van der Waals surface area contributed by atoms with Gasteiger partial charge in [-0.05, 0) is 43.9 Å². The zero-order valence-electron chi connectivity index (χ0n) is 12.7. The highest BCUT2D eigenvalue weighted by atomic mass is 35.5. The van der Waals surface area contributed by atoms with E-state index in [1.807, 2.05) is 38.2 Å². The molecule has 0 saturated carbocycles. The van der Waals surface area contributed by atoms with E-state index in [0.717, 1.165) is 18.8 Å². The fourth-order valence-electron chi connectivity index (χ4n) is 1.71. The van der Waals surface area contributed by atoms with Crippen LogP contribution in [0, 0.1) is 0 Å². The van der Waals surface area contributed by atoms with Crippen LogP contribution in [-0.2, 0) is 0 Å². The highest BCUT2D eigenvalue weighted by Gasteiger charge is 2.10. The van der Waals surface area contributed by atoms with E-state index in [4.69, 9.17) is 23.2 Å². The summed E-state index contributed by atoms with van der Waals surface area (Å²) >= 11 is 12.0. The Morgan fingerprint density at radius 1 is 1.05 bits per heavy atom. The van der Waals surface area contributed by atoms with Crippen molar-refractivity contribution in [2.24, 2.45) is 0 Å². The van der Waals surface area contributed by atoms with E-state index in [1.165, 1.54) is 0 Å². The van der Waals surface area contributed by atoms with Gasteiger partial charge in [-0.15, -0.1) is 0 Å². The van der Waals surface area contributed by atoms with E-state index in [0.29, 0.717) is 16.9 Å². The smallest absolute Gasteiger partial charge is 0.233 e. The molecular weight excluding hydrogens is 323 g/mol. The summed E-state index contributed by atoms with van der Waals surface area (Å²) in [5, 5.41) is 3.86. The Morgan fingerprint density at radius 2 is 1.82 bits per heavy atom. The third-order valence-electron chi connectivity index (χ3n) is 2.90. The number of halogens is 2. The van der Waals surface area contributed by atoms with Crippen LogP contribution in [0.15, 0.2) is 24.3 Å². The molecule has 0 aliphatic heterocycles.